The van der Waals surface area contributed by atoms with Gasteiger partial charge in [0.05, 0.1) is 11.8 Å². The standard InChI is InChI=1S/C10H10FNO2S/c1-7-5-8(11)6-10-9(7)3-4-12(10)15(2,13)14/h3-6H,1-2H3. The lowest BCUT2D eigenvalue weighted by Crippen LogP contribution is -2.08. The van der Waals surface area contributed by atoms with Gasteiger partial charge < -0.3 is 0 Å². The molecule has 15 heavy (non-hydrogen) atoms. The molecule has 1 heterocycles. The Morgan fingerprint density at radius 3 is 2.60 bits per heavy atom. The van der Waals surface area contributed by atoms with E-state index in [1.807, 2.05) is 0 Å². The van der Waals surface area contributed by atoms with Crippen molar-refractivity contribution in [2.75, 3.05) is 6.26 Å². The van der Waals surface area contributed by atoms with E-state index in [0.717, 1.165) is 21.2 Å². The Labute approximate surface area is 87.2 Å². The van der Waals surface area contributed by atoms with Crippen molar-refractivity contribution >= 4 is 20.9 Å². The zero-order chi connectivity index (χ0) is 11.2. The lowest BCUT2D eigenvalue weighted by Gasteiger charge is -2.03. The van der Waals surface area contributed by atoms with Crippen LogP contribution in [0.2, 0.25) is 0 Å². The molecule has 0 saturated heterocycles. The van der Waals surface area contributed by atoms with Crippen LogP contribution in [0.5, 0.6) is 0 Å². The van der Waals surface area contributed by atoms with Crippen molar-refractivity contribution in [2.45, 2.75) is 6.92 Å². The monoisotopic (exact) mass is 227 g/mol. The first kappa shape index (κ1) is 10.2. The van der Waals surface area contributed by atoms with Crippen molar-refractivity contribution in [3.05, 3.63) is 35.8 Å². The van der Waals surface area contributed by atoms with E-state index in [-0.39, 0.29) is 0 Å². The van der Waals surface area contributed by atoms with Crippen LogP contribution in [0.4, 0.5) is 4.39 Å². The van der Waals surface area contributed by atoms with Crippen LogP contribution in [0.3, 0.4) is 0 Å². The lowest BCUT2D eigenvalue weighted by atomic mass is 10.1. The largest absolute Gasteiger partial charge is 0.245 e. The maximum atomic E-state index is 13.1. The highest BCUT2D eigenvalue weighted by Crippen LogP contribution is 2.22. The van der Waals surface area contributed by atoms with Gasteiger partial charge in [0.1, 0.15) is 5.82 Å². The van der Waals surface area contributed by atoms with Gasteiger partial charge in [-0.15, -0.1) is 0 Å². The minimum Gasteiger partial charge on any atom is -0.245 e. The maximum Gasteiger partial charge on any atom is 0.236 e. The van der Waals surface area contributed by atoms with E-state index in [4.69, 9.17) is 0 Å². The predicted molar refractivity (Wildman–Crippen MR) is 56.9 cm³/mol. The third-order valence-corrected chi connectivity index (χ3v) is 3.33. The number of aromatic nitrogens is 1. The van der Waals surface area contributed by atoms with Crippen LogP contribution in [-0.2, 0) is 10.0 Å². The number of halogens is 1. The number of benzene rings is 1. The summed E-state index contributed by atoms with van der Waals surface area (Å²) in [4.78, 5) is 0. The van der Waals surface area contributed by atoms with Gasteiger partial charge in [-0.25, -0.2) is 16.8 Å². The molecule has 80 valence electrons. The minimum atomic E-state index is -3.37. The number of rotatable bonds is 1. The van der Waals surface area contributed by atoms with Gasteiger partial charge in [0.2, 0.25) is 10.0 Å². The molecule has 0 atom stereocenters. The van der Waals surface area contributed by atoms with Crippen LogP contribution in [-0.4, -0.2) is 18.6 Å². The fourth-order valence-corrected chi connectivity index (χ4v) is 2.44. The molecular formula is C10H10FNO2S. The molecule has 0 spiro atoms. The third kappa shape index (κ3) is 1.63. The van der Waals surface area contributed by atoms with Crippen LogP contribution in [0.15, 0.2) is 24.4 Å². The van der Waals surface area contributed by atoms with E-state index >= 15 is 0 Å². The second-order valence-electron chi connectivity index (χ2n) is 3.53. The van der Waals surface area contributed by atoms with Crippen LogP contribution in [0.25, 0.3) is 10.9 Å². The summed E-state index contributed by atoms with van der Waals surface area (Å²) < 4.78 is 37.0. The molecule has 2 rings (SSSR count). The number of nitrogens with zero attached hydrogens (tertiary/aromatic N) is 1. The van der Waals surface area contributed by atoms with Gasteiger partial charge in [-0.3, -0.25) is 0 Å². The molecule has 0 fully saturated rings. The number of hydrogen-bond acceptors (Lipinski definition) is 2. The van der Waals surface area contributed by atoms with E-state index in [1.165, 1.54) is 18.3 Å². The van der Waals surface area contributed by atoms with E-state index < -0.39 is 15.8 Å². The lowest BCUT2D eigenvalue weighted by molar-refractivity contribution is 0.595. The van der Waals surface area contributed by atoms with E-state index in [9.17, 15) is 12.8 Å². The highest BCUT2D eigenvalue weighted by atomic mass is 32.2. The molecular weight excluding hydrogens is 217 g/mol. The summed E-state index contributed by atoms with van der Waals surface area (Å²) in [7, 11) is -3.37. The summed E-state index contributed by atoms with van der Waals surface area (Å²) in [5.41, 5.74) is 1.11. The Hall–Kier alpha value is -1.36. The normalized spacial score (nSPS) is 12.2. The first-order chi connectivity index (χ1) is 6.89. The fourth-order valence-electron chi connectivity index (χ4n) is 1.65. The molecule has 0 aliphatic carbocycles. The Balaban J connectivity index is 2.92. The van der Waals surface area contributed by atoms with Crippen LogP contribution < -0.4 is 0 Å². The van der Waals surface area contributed by atoms with Crippen LogP contribution >= 0.6 is 0 Å². The molecule has 0 aliphatic heterocycles. The molecule has 3 nitrogen and oxygen atoms in total. The fraction of sp³-hybridized carbons (Fsp3) is 0.200. The predicted octanol–water partition coefficient (Wildman–Crippen LogP) is 1.90. The second-order valence-corrected chi connectivity index (χ2v) is 5.39. The average Bonchev–Trinajstić information content (AvgIpc) is 2.45. The van der Waals surface area contributed by atoms with E-state index in [2.05, 4.69) is 0 Å². The average molecular weight is 227 g/mol. The van der Waals surface area contributed by atoms with Gasteiger partial charge in [0.25, 0.3) is 0 Å². The number of fused-ring (bicyclic) bond motifs is 1. The van der Waals surface area contributed by atoms with Gasteiger partial charge in [0.15, 0.2) is 0 Å². The zero-order valence-corrected chi connectivity index (χ0v) is 9.18. The molecule has 1 aromatic heterocycles. The quantitative estimate of drug-likeness (QED) is 0.746. The van der Waals surface area contributed by atoms with Gasteiger partial charge >= 0.3 is 0 Å². The highest BCUT2D eigenvalue weighted by Gasteiger charge is 2.11. The van der Waals surface area contributed by atoms with Crippen molar-refractivity contribution in [1.82, 2.24) is 3.97 Å². The first-order valence-corrected chi connectivity index (χ1v) is 6.22. The third-order valence-electron chi connectivity index (χ3n) is 2.30. The van der Waals surface area contributed by atoms with Crippen molar-refractivity contribution in [1.29, 1.82) is 0 Å². The molecule has 0 radical (unpaired) electrons. The van der Waals surface area contributed by atoms with Gasteiger partial charge in [-0.05, 0) is 30.7 Å². The first-order valence-electron chi connectivity index (χ1n) is 4.37. The molecule has 1 aromatic carbocycles. The van der Waals surface area contributed by atoms with E-state index in [0.29, 0.717) is 5.52 Å². The smallest absolute Gasteiger partial charge is 0.236 e. The molecule has 0 amide bonds. The summed E-state index contributed by atoms with van der Waals surface area (Å²) >= 11 is 0. The number of hydrogen-bond donors (Lipinski definition) is 0. The Morgan fingerprint density at radius 2 is 2.00 bits per heavy atom. The van der Waals surface area contributed by atoms with Crippen LogP contribution in [0.1, 0.15) is 5.56 Å². The highest BCUT2D eigenvalue weighted by molar-refractivity contribution is 7.89. The van der Waals surface area contributed by atoms with E-state index in [1.54, 1.807) is 13.0 Å². The molecule has 0 saturated carbocycles. The summed E-state index contributed by atoms with van der Waals surface area (Å²) in [6, 6.07) is 4.28. The molecule has 0 unspecified atom stereocenters. The summed E-state index contributed by atoms with van der Waals surface area (Å²) in [6.45, 7) is 1.75. The SMILES string of the molecule is Cc1cc(F)cc2c1ccn2S(C)(=O)=O. The van der Waals surface area contributed by atoms with Gasteiger partial charge in [-0.2, -0.15) is 0 Å². The minimum absolute atomic E-state index is 0.384. The summed E-state index contributed by atoms with van der Waals surface area (Å²) in [6.07, 6.45) is 2.53. The molecule has 0 aliphatic rings. The number of aryl methyl sites for hydroxylation is 1. The van der Waals surface area contributed by atoms with Crippen molar-refractivity contribution < 1.29 is 12.8 Å². The molecule has 0 N–H and O–H groups in total. The topological polar surface area (TPSA) is 39.1 Å². The van der Waals surface area contributed by atoms with Crippen molar-refractivity contribution in [3.8, 4) is 0 Å². The van der Waals surface area contributed by atoms with Crippen molar-refractivity contribution in [3.63, 3.8) is 0 Å². The van der Waals surface area contributed by atoms with Crippen LogP contribution in [0, 0.1) is 12.7 Å². The van der Waals surface area contributed by atoms with Gasteiger partial charge in [-0.1, -0.05) is 0 Å². The molecule has 5 heteroatoms. The Bertz CT molecular complexity index is 628. The molecule has 0 bridgehead atoms. The second kappa shape index (κ2) is 3.06. The zero-order valence-electron chi connectivity index (χ0n) is 8.36. The summed E-state index contributed by atoms with van der Waals surface area (Å²) in [5, 5.41) is 0.752. The molecule has 2 aromatic rings. The maximum absolute atomic E-state index is 13.1. The Kier molecular flexibility index (Phi) is 2.08. The van der Waals surface area contributed by atoms with Crippen molar-refractivity contribution in [2.24, 2.45) is 0 Å². The summed E-state index contributed by atoms with van der Waals surface area (Å²) in [5.74, 6) is -0.427. The van der Waals surface area contributed by atoms with Gasteiger partial charge in [0, 0.05) is 11.6 Å². The Morgan fingerprint density at radius 1 is 1.33 bits per heavy atom.